The summed E-state index contributed by atoms with van der Waals surface area (Å²) in [4.78, 5) is 8.59. The number of rotatable bonds is 7. The van der Waals surface area contributed by atoms with E-state index >= 15 is 0 Å². The van der Waals surface area contributed by atoms with Crippen LogP contribution in [0.2, 0.25) is 0 Å². The molecule has 3 rings (SSSR count). The molecule has 2 N–H and O–H groups in total. The Kier molecular flexibility index (Phi) is 9.93. The highest BCUT2D eigenvalue weighted by atomic mass is 127. The van der Waals surface area contributed by atoms with Crippen molar-refractivity contribution >= 4 is 47.0 Å². The SMILES string of the molecule is CCNC(=NCc1ccccc1N1CCOCC1)NCCc1cccs1.I. The zero-order chi connectivity index (χ0) is 18.0. The molecule has 1 aliphatic heterocycles. The van der Waals surface area contributed by atoms with Gasteiger partial charge in [0.15, 0.2) is 5.96 Å². The predicted molar refractivity (Wildman–Crippen MR) is 126 cm³/mol. The van der Waals surface area contributed by atoms with Crippen LogP contribution in [0, 0.1) is 0 Å². The van der Waals surface area contributed by atoms with Crippen LogP contribution >= 0.6 is 35.3 Å². The second kappa shape index (κ2) is 12.2. The smallest absolute Gasteiger partial charge is 0.191 e. The molecule has 2 heterocycles. The molecular weight excluding hydrogens is 471 g/mol. The van der Waals surface area contributed by atoms with Gasteiger partial charge in [0.05, 0.1) is 19.8 Å². The van der Waals surface area contributed by atoms with Gasteiger partial charge in [0, 0.05) is 36.7 Å². The fraction of sp³-hybridized carbons (Fsp3) is 0.450. The average Bonchev–Trinajstić information content (AvgIpc) is 3.20. The highest BCUT2D eigenvalue weighted by Crippen LogP contribution is 2.22. The van der Waals surface area contributed by atoms with Crippen molar-refractivity contribution in [1.82, 2.24) is 10.6 Å². The fourth-order valence-electron chi connectivity index (χ4n) is 3.02. The molecule has 7 heteroatoms. The Balaban J connectivity index is 0.00000261. The number of benzene rings is 1. The molecule has 1 saturated heterocycles. The van der Waals surface area contributed by atoms with Crippen LogP contribution in [0.4, 0.5) is 5.69 Å². The summed E-state index contributed by atoms with van der Waals surface area (Å²) in [5, 5.41) is 8.90. The standard InChI is InChI=1S/C20H28N4OS.HI/c1-2-21-20(22-10-9-18-7-5-15-26-18)23-16-17-6-3-4-8-19(17)24-11-13-25-14-12-24;/h3-8,15H,2,9-14,16H2,1H3,(H2,21,22,23);1H. The Labute approximate surface area is 183 Å². The van der Waals surface area contributed by atoms with E-state index in [1.807, 2.05) is 0 Å². The molecule has 0 radical (unpaired) electrons. The molecule has 1 aromatic heterocycles. The van der Waals surface area contributed by atoms with Gasteiger partial charge in [0.1, 0.15) is 0 Å². The largest absolute Gasteiger partial charge is 0.378 e. The maximum absolute atomic E-state index is 5.48. The van der Waals surface area contributed by atoms with Crippen LogP contribution in [-0.4, -0.2) is 45.4 Å². The lowest BCUT2D eigenvalue weighted by Crippen LogP contribution is -2.38. The number of thiophene rings is 1. The van der Waals surface area contributed by atoms with Crippen molar-refractivity contribution in [2.45, 2.75) is 19.9 Å². The Bertz CT molecular complexity index is 687. The van der Waals surface area contributed by atoms with Crippen molar-refractivity contribution < 1.29 is 4.74 Å². The van der Waals surface area contributed by atoms with E-state index < -0.39 is 0 Å². The summed E-state index contributed by atoms with van der Waals surface area (Å²) >= 11 is 1.80. The van der Waals surface area contributed by atoms with Gasteiger partial charge in [-0.05, 0) is 36.4 Å². The topological polar surface area (TPSA) is 48.9 Å². The minimum absolute atomic E-state index is 0. The Morgan fingerprint density at radius 3 is 2.70 bits per heavy atom. The number of nitrogens with zero attached hydrogens (tertiary/aromatic N) is 2. The predicted octanol–water partition coefficient (Wildman–Crippen LogP) is 3.50. The second-order valence-corrected chi connectivity index (χ2v) is 7.21. The minimum atomic E-state index is 0. The molecular formula is C20H29IN4OS. The van der Waals surface area contributed by atoms with Gasteiger partial charge in [-0.25, -0.2) is 4.99 Å². The van der Waals surface area contributed by atoms with Crippen molar-refractivity contribution in [2.75, 3.05) is 44.3 Å². The molecule has 0 amide bonds. The molecule has 1 aromatic carbocycles. The van der Waals surface area contributed by atoms with E-state index in [9.17, 15) is 0 Å². The quantitative estimate of drug-likeness (QED) is 0.347. The van der Waals surface area contributed by atoms with Crippen molar-refractivity contribution in [3.05, 3.63) is 52.2 Å². The van der Waals surface area contributed by atoms with Crippen molar-refractivity contribution in [1.29, 1.82) is 0 Å². The molecule has 2 aromatic rings. The van der Waals surface area contributed by atoms with Crippen LogP contribution in [0.1, 0.15) is 17.4 Å². The average molecular weight is 500 g/mol. The van der Waals surface area contributed by atoms with Gasteiger partial charge in [-0.2, -0.15) is 0 Å². The van der Waals surface area contributed by atoms with E-state index in [4.69, 9.17) is 9.73 Å². The number of anilines is 1. The molecule has 0 spiro atoms. The van der Waals surface area contributed by atoms with Gasteiger partial charge in [0.2, 0.25) is 0 Å². The lowest BCUT2D eigenvalue weighted by Gasteiger charge is -2.30. The highest BCUT2D eigenvalue weighted by Gasteiger charge is 2.14. The fourth-order valence-corrected chi connectivity index (χ4v) is 3.73. The van der Waals surface area contributed by atoms with Crippen LogP contribution in [0.3, 0.4) is 0 Å². The number of nitrogens with one attached hydrogen (secondary N) is 2. The Hall–Kier alpha value is -1.32. The zero-order valence-electron chi connectivity index (χ0n) is 15.8. The number of hydrogen-bond donors (Lipinski definition) is 2. The summed E-state index contributed by atoms with van der Waals surface area (Å²) in [6.07, 6.45) is 1.02. The normalized spacial score (nSPS) is 14.6. The zero-order valence-corrected chi connectivity index (χ0v) is 19.0. The van der Waals surface area contributed by atoms with Crippen LogP contribution in [-0.2, 0) is 17.7 Å². The maximum atomic E-state index is 5.48. The summed E-state index contributed by atoms with van der Waals surface area (Å²) in [6.45, 7) is 7.99. The first-order valence-corrected chi connectivity index (χ1v) is 10.2. The summed E-state index contributed by atoms with van der Waals surface area (Å²) in [7, 11) is 0. The third kappa shape index (κ3) is 6.97. The molecule has 1 aliphatic rings. The molecule has 0 aliphatic carbocycles. The van der Waals surface area contributed by atoms with E-state index in [1.54, 1.807) is 11.3 Å². The van der Waals surface area contributed by atoms with Crippen LogP contribution < -0.4 is 15.5 Å². The van der Waals surface area contributed by atoms with Crippen LogP contribution in [0.15, 0.2) is 46.8 Å². The molecule has 0 bridgehead atoms. The number of hydrogen-bond acceptors (Lipinski definition) is 4. The van der Waals surface area contributed by atoms with Crippen LogP contribution in [0.5, 0.6) is 0 Å². The number of aliphatic imine (C=N–C) groups is 1. The lowest BCUT2D eigenvalue weighted by atomic mass is 10.1. The molecule has 148 valence electrons. The third-order valence-electron chi connectivity index (χ3n) is 4.34. The Morgan fingerprint density at radius 1 is 1.15 bits per heavy atom. The Morgan fingerprint density at radius 2 is 1.96 bits per heavy atom. The molecule has 1 fully saturated rings. The molecule has 5 nitrogen and oxygen atoms in total. The van der Waals surface area contributed by atoms with Gasteiger partial charge >= 0.3 is 0 Å². The number of morpholine rings is 1. The first-order chi connectivity index (χ1) is 12.9. The van der Waals surface area contributed by atoms with Crippen molar-refractivity contribution in [3.63, 3.8) is 0 Å². The number of ether oxygens (including phenoxy) is 1. The van der Waals surface area contributed by atoms with Crippen molar-refractivity contribution in [2.24, 2.45) is 4.99 Å². The molecule has 27 heavy (non-hydrogen) atoms. The molecule has 0 unspecified atom stereocenters. The number of halogens is 1. The maximum Gasteiger partial charge on any atom is 0.191 e. The van der Waals surface area contributed by atoms with E-state index in [2.05, 4.69) is 64.2 Å². The van der Waals surface area contributed by atoms with E-state index in [1.165, 1.54) is 16.1 Å². The summed E-state index contributed by atoms with van der Waals surface area (Å²) in [6, 6.07) is 12.8. The summed E-state index contributed by atoms with van der Waals surface area (Å²) in [5.74, 6) is 0.876. The highest BCUT2D eigenvalue weighted by molar-refractivity contribution is 14.0. The number of guanidine groups is 1. The monoisotopic (exact) mass is 500 g/mol. The minimum Gasteiger partial charge on any atom is -0.378 e. The molecule has 0 atom stereocenters. The van der Waals surface area contributed by atoms with Crippen LogP contribution in [0.25, 0.3) is 0 Å². The first-order valence-electron chi connectivity index (χ1n) is 9.32. The van der Waals surface area contributed by atoms with E-state index in [-0.39, 0.29) is 24.0 Å². The van der Waals surface area contributed by atoms with Gasteiger partial charge in [-0.1, -0.05) is 24.3 Å². The third-order valence-corrected chi connectivity index (χ3v) is 5.28. The van der Waals surface area contributed by atoms with Gasteiger partial charge in [-0.15, -0.1) is 35.3 Å². The van der Waals surface area contributed by atoms with Crippen molar-refractivity contribution in [3.8, 4) is 0 Å². The van der Waals surface area contributed by atoms with Gasteiger partial charge < -0.3 is 20.3 Å². The van der Waals surface area contributed by atoms with Gasteiger partial charge in [0.25, 0.3) is 0 Å². The number of para-hydroxylation sites is 1. The second-order valence-electron chi connectivity index (χ2n) is 6.18. The van der Waals surface area contributed by atoms with E-state index in [0.29, 0.717) is 6.54 Å². The van der Waals surface area contributed by atoms with Gasteiger partial charge in [-0.3, -0.25) is 0 Å². The summed E-state index contributed by atoms with van der Waals surface area (Å²) < 4.78 is 5.48. The van der Waals surface area contributed by atoms with E-state index in [0.717, 1.165) is 51.8 Å². The summed E-state index contributed by atoms with van der Waals surface area (Å²) in [5.41, 5.74) is 2.53. The molecule has 0 saturated carbocycles. The first kappa shape index (κ1) is 22.0. The lowest BCUT2D eigenvalue weighted by molar-refractivity contribution is 0.122.